The molecule has 6 heteroatoms. The van der Waals surface area contributed by atoms with Gasteiger partial charge in [-0.1, -0.05) is 24.3 Å². The second-order valence-electron chi connectivity index (χ2n) is 7.43. The number of carbonyl (C=O) groups excluding carboxylic acids is 1. The van der Waals surface area contributed by atoms with Gasteiger partial charge in [0.2, 0.25) is 0 Å². The number of ether oxygens (including phenoxy) is 2. The molecule has 0 radical (unpaired) electrons. The Bertz CT molecular complexity index is 786. The highest BCUT2D eigenvalue weighted by molar-refractivity contribution is 5.79. The second kappa shape index (κ2) is 10.2. The van der Waals surface area contributed by atoms with Crippen LogP contribution in [0.3, 0.4) is 0 Å². The van der Waals surface area contributed by atoms with Gasteiger partial charge in [0.1, 0.15) is 11.5 Å². The number of nitrogens with zero attached hydrogens (tertiary/aromatic N) is 1. The highest BCUT2D eigenvalue weighted by Crippen LogP contribution is 2.27. The molecule has 6 nitrogen and oxygen atoms in total. The molecule has 1 saturated heterocycles. The minimum atomic E-state index is -0.0503. The number of para-hydroxylation sites is 2. The molecule has 2 aromatic rings. The number of rotatable bonds is 8. The Kier molecular flexibility index (Phi) is 7.36. The summed E-state index contributed by atoms with van der Waals surface area (Å²) in [6.07, 6.45) is 0.819. The fourth-order valence-electron chi connectivity index (χ4n) is 3.82. The molecular formula is C23H32N3O3+. The first kappa shape index (κ1) is 21.0. The predicted octanol–water partition coefficient (Wildman–Crippen LogP) is 1.16. The number of carbonyl (C=O) groups is 1. The maximum atomic E-state index is 12.6. The van der Waals surface area contributed by atoms with E-state index in [0.29, 0.717) is 6.54 Å². The summed E-state index contributed by atoms with van der Waals surface area (Å²) in [6.45, 7) is 6.38. The molecule has 0 aliphatic carbocycles. The van der Waals surface area contributed by atoms with Crippen LogP contribution in [0.2, 0.25) is 0 Å². The van der Waals surface area contributed by atoms with E-state index in [1.165, 1.54) is 10.5 Å². The Morgan fingerprint density at radius 1 is 1.07 bits per heavy atom. The molecule has 1 aliphatic heterocycles. The lowest BCUT2D eigenvalue weighted by Gasteiger charge is -2.36. The van der Waals surface area contributed by atoms with Gasteiger partial charge in [0.15, 0.2) is 6.04 Å². The maximum absolute atomic E-state index is 12.6. The zero-order valence-corrected chi connectivity index (χ0v) is 17.6. The van der Waals surface area contributed by atoms with Crippen LogP contribution in [0, 0.1) is 0 Å². The first-order chi connectivity index (χ1) is 14.1. The van der Waals surface area contributed by atoms with Crippen LogP contribution in [-0.4, -0.2) is 58.9 Å². The summed E-state index contributed by atoms with van der Waals surface area (Å²) in [5, 5.41) is 3.09. The summed E-state index contributed by atoms with van der Waals surface area (Å²) in [4.78, 5) is 16.3. The third kappa shape index (κ3) is 5.41. The van der Waals surface area contributed by atoms with E-state index in [4.69, 9.17) is 9.47 Å². The number of hydrogen-bond donors (Lipinski definition) is 2. The summed E-state index contributed by atoms with van der Waals surface area (Å²) in [5.41, 5.74) is 2.32. The van der Waals surface area contributed by atoms with Gasteiger partial charge in [-0.3, -0.25) is 4.79 Å². The Balaban J connectivity index is 1.44. The Morgan fingerprint density at radius 3 is 2.41 bits per heavy atom. The Labute approximate surface area is 173 Å². The average molecular weight is 399 g/mol. The van der Waals surface area contributed by atoms with Crippen LogP contribution in [0.1, 0.15) is 12.5 Å². The predicted molar refractivity (Wildman–Crippen MR) is 115 cm³/mol. The van der Waals surface area contributed by atoms with E-state index in [0.717, 1.165) is 49.8 Å². The minimum Gasteiger partial charge on any atom is -0.497 e. The van der Waals surface area contributed by atoms with Crippen molar-refractivity contribution >= 4 is 11.6 Å². The number of nitrogens with one attached hydrogen (secondary N) is 2. The maximum Gasteiger partial charge on any atom is 0.278 e. The number of hydrogen-bond acceptors (Lipinski definition) is 4. The highest BCUT2D eigenvalue weighted by atomic mass is 16.5. The molecular weight excluding hydrogens is 366 g/mol. The van der Waals surface area contributed by atoms with Gasteiger partial charge in [0.25, 0.3) is 5.91 Å². The normalized spacial score (nSPS) is 15.6. The van der Waals surface area contributed by atoms with E-state index in [2.05, 4.69) is 16.3 Å². The van der Waals surface area contributed by atoms with Crippen molar-refractivity contribution in [2.24, 2.45) is 0 Å². The van der Waals surface area contributed by atoms with Gasteiger partial charge in [-0.2, -0.15) is 0 Å². The van der Waals surface area contributed by atoms with Crippen molar-refractivity contribution in [2.45, 2.75) is 19.4 Å². The summed E-state index contributed by atoms with van der Waals surface area (Å²) in [5.74, 6) is 1.88. The number of piperazine rings is 1. The third-order valence-corrected chi connectivity index (χ3v) is 5.71. The van der Waals surface area contributed by atoms with Gasteiger partial charge in [0.05, 0.1) is 46.1 Å². The van der Waals surface area contributed by atoms with E-state index < -0.39 is 0 Å². The largest absolute Gasteiger partial charge is 0.497 e. The SMILES string of the molecule is COc1ccc(CCNC(=O)[C@H](C)[NH+]2CCN(c3ccccc3OC)CC2)cc1. The molecule has 0 saturated carbocycles. The van der Waals surface area contributed by atoms with Crippen molar-refractivity contribution in [2.75, 3.05) is 51.8 Å². The Hall–Kier alpha value is -2.73. The summed E-state index contributed by atoms with van der Waals surface area (Å²) < 4.78 is 10.7. The smallest absolute Gasteiger partial charge is 0.278 e. The standard InChI is InChI=1S/C23H31N3O3/c1-18(23(27)24-13-12-19-8-10-20(28-2)11-9-19)25-14-16-26(17-15-25)21-6-4-5-7-22(21)29-3/h4-11,18H,12-17H2,1-3H3,(H,24,27)/p+1/t18-/m0/s1. The van der Waals surface area contributed by atoms with Crippen LogP contribution < -0.4 is 24.6 Å². The van der Waals surface area contributed by atoms with Crippen LogP contribution in [0.15, 0.2) is 48.5 Å². The first-order valence-electron chi connectivity index (χ1n) is 10.3. The van der Waals surface area contributed by atoms with Crippen LogP contribution in [0.4, 0.5) is 5.69 Å². The van der Waals surface area contributed by atoms with E-state index in [9.17, 15) is 4.79 Å². The van der Waals surface area contributed by atoms with Crippen molar-refractivity contribution in [1.82, 2.24) is 5.32 Å². The molecule has 2 aromatic carbocycles. The first-order valence-corrected chi connectivity index (χ1v) is 10.3. The topological polar surface area (TPSA) is 55.2 Å². The van der Waals surface area contributed by atoms with E-state index in [-0.39, 0.29) is 11.9 Å². The molecule has 156 valence electrons. The lowest BCUT2D eigenvalue weighted by molar-refractivity contribution is -0.914. The van der Waals surface area contributed by atoms with Crippen molar-refractivity contribution in [3.05, 3.63) is 54.1 Å². The van der Waals surface area contributed by atoms with E-state index in [1.54, 1.807) is 14.2 Å². The van der Waals surface area contributed by atoms with Crippen LogP contribution >= 0.6 is 0 Å². The average Bonchev–Trinajstić information content (AvgIpc) is 2.79. The number of benzene rings is 2. The summed E-state index contributed by atoms with van der Waals surface area (Å²) in [6, 6.07) is 16.0. The van der Waals surface area contributed by atoms with Crippen molar-refractivity contribution < 1.29 is 19.2 Å². The fourth-order valence-corrected chi connectivity index (χ4v) is 3.82. The van der Waals surface area contributed by atoms with Crippen molar-refractivity contribution in [3.8, 4) is 11.5 Å². The zero-order valence-electron chi connectivity index (χ0n) is 17.6. The molecule has 0 unspecified atom stereocenters. The van der Waals surface area contributed by atoms with Gasteiger partial charge in [-0.05, 0) is 43.2 Å². The van der Waals surface area contributed by atoms with E-state index >= 15 is 0 Å². The molecule has 3 rings (SSSR count). The van der Waals surface area contributed by atoms with Gasteiger partial charge < -0.3 is 24.6 Å². The molecule has 2 N–H and O–H groups in total. The van der Waals surface area contributed by atoms with Gasteiger partial charge in [-0.15, -0.1) is 0 Å². The van der Waals surface area contributed by atoms with Crippen molar-refractivity contribution in [3.63, 3.8) is 0 Å². The van der Waals surface area contributed by atoms with E-state index in [1.807, 2.05) is 49.4 Å². The molecule has 29 heavy (non-hydrogen) atoms. The second-order valence-corrected chi connectivity index (χ2v) is 7.43. The zero-order chi connectivity index (χ0) is 20.6. The van der Waals surface area contributed by atoms with Gasteiger partial charge in [0, 0.05) is 6.54 Å². The molecule has 1 aliphatic rings. The molecule has 1 amide bonds. The number of quaternary nitrogens is 1. The lowest BCUT2D eigenvalue weighted by atomic mass is 10.1. The molecule has 1 atom stereocenters. The number of amides is 1. The number of methoxy groups -OCH3 is 2. The lowest BCUT2D eigenvalue weighted by Crippen LogP contribution is -3.19. The van der Waals surface area contributed by atoms with Gasteiger partial charge in [-0.25, -0.2) is 0 Å². The van der Waals surface area contributed by atoms with Crippen molar-refractivity contribution in [1.29, 1.82) is 0 Å². The monoisotopic (exact) mass is 398 g/mol. The summed E-state index contributed by atoms with van der Waals surface area (Å²) in [7, 11) is 3.37. The van der Waals surface area contributed by atoms with Crippen LogP contribution in [0.5, 0.6) is 11.5 Å². The highest BCUT2D eigenvalue weighted by Gasteiger charge is 2.29. The minimum absolute atomic E-state index is 0.0503. The van der Waals surface area contributed by atoms with Crippen LogP contribution in [-0.2, 0) is 11.2 Å². The number of anilines is 1. The fraction of sp³-hybridized carbons (Fsp3) is 0.435. The molecule has 0 aromatic heterocycles. The third-order valence-electron chi connectivity index (χ3n) is 5.71. The Morgan fingerprint density at radius 2 is 1.76 bits per heavy atom. The quantitative estimate of drug-likeness (QED) is 0.701. The molecule has 0 spiro atoms. The molecule has 0 bridgehead atoms. The van der Waals surface area contributed by atoms with Crippen LogP contribution in [0.25, 0.3) is 0 Å². The molecule has 1 fully saturated rings. The summed E-state index contributed by atoms with van der Waals surface area (Å²) >= 11 is 0. The molecule has 1 heterocycles. The van der Waals surface area contributed by atoms with Gasteiger partial charge >= 0.3 is 0 Å².